The third-order valence-corrected chi connectivity index (χ3v) is 7.96. The minimum absolute atomic E-state index is 0.0447. The minimum atomic E-state index is -3.56. The molecule has 0 saturated heterocycles. The van der Waals surface area contributed by atoms with E-state index in [0.717, 1.165) is 24.0 Å². The molecular formula is C25H34N2O3S. The zero-order valence-electron chi connectivity index (χ0n) is 18.6. The summed E-state index contributed by atoms with van der Waals surface area (Å²) in [5.41, 5.74) is 2.51. The van der Waals surface area contributed by atoms with Crippen molar-refractivity contribution >= 4 is 15.9 Å². The molecule has 1 amide bonds. The maximum absolute atomic E-state index is 13.0. The van der Waals surface area contributed by atoms with Crippen molar-refractivity contribution in [2.24, 2.45) is 0 Å². The second kappa shape index (κ2) is 10.9. The molecule has 2 aromatic rings. The molecule has 1 saturated carbocycles. The molecule has 1 aliphatic carbocycles. The van der Waals surface area contributed by atoms with E-state index in [2.05, 4.69) is 5.32 Å². The van der Waals surface area contributed by atoms with E-state index >= 15 is 0 Å². The molecule has 0 spiro atoms. The van der Waals surface area contributed by atoms with Crippen molar-refractivity contribution < 1.29 is 13.2 Å². The maximum atomic E-state index is 13.0. The van der Waals surface area contributed by atoms with E-state index in [1.54, 1.807) is 24.3 Å². The van der Waals surface area contributed by atoms with Gasteiger partial charge in [0.05, 0.1) is 4.90 Å². The Labute approximate surface area is 186 Å². The van der Waals surface area contributed by atoms with Gasteiger partial charge in [0, 0.05) is 24.7 Å². The molecule has 6 heteroatoms. The van der Waals surface area contributed by atoms with Crippen LogP contribution in [0.1, 0.15) is 73.4 Å². The van der Waals surface area contributed by atoms with Gasteiger partial charge in [0.25, 0.3) is 5.91 Å². The molecule has 0 atom stereocenters. The van der Waals surface area contributed by atoms with Crippen molar-refractivity contribution in [3.8, 4) is 0 Å². The first-order valence-electron chi connectivity index (χ1n) is 11.4. The Balaban J connectivity index is 1.64. The van der Waals surface area contributed by atoms with Crippen LogP contribution in [0.5, 0.6) is 0 Å². The van der Waals surface area contributed by atoms with Crippen LogP contribution in [0.4, 0.5) is 0 Å². The van der Waals surface area contributed by atoms with Crippen LogP contribution < -0.4 is 5.32 Å². The van der Waals surface area contributed by atoms with Crippen LogP contribution in [0.3, 0.4) is 0 Å². The fourth-order valence-corrected chi connectivity index (χ4v) is 5.50. The van der Waals surface area contributed by atoms with Gasteiger partial charge in [-0.15, -0.1) is 0 Å². The lowest BCUT2D eigenvalue weighted by Crippen LogP contribution is -2.35. The summed E-state index contributed by atoms with van der Waals surface area (Å²) in [4.78, 5) is 13.0. The standard InChI is InChI=1S/C25H34N2O3S/c1-3-27(31(29,30)24-17-11-20(2)12-18-24)19-21-13-15-22(16-14-21)25(28)26-23-9-7-5-4-6-8-10-23/h11-18,23H,3-10,19H2,1-2H3,(H,26,28). The van der Waals surface area contributed by atoms with E-state index in [1.165, 1.54) is 36.4 Å². The summed E-state index contributed by atoms with van der Waals surface area (Å²) < 4.78 is 27.4. The molecule has 0 radical (unpaired) electrons. The monoisotopic (exact) mass is 442 g/mol. The highest BCUT2D eigenvalue weighted by atomic mass is 32.2. The number of rotatable bonds is 7. The Morgan fingerprint density at radius 3 is 2.10 bits per heavy atom. The Morgan fingerprint density at radius 1 is 0.935 bits per heavy atom. The Bertz CT molecular complexity index is 945. The van der Waals surface area contributed by atoms with E-state index in [4.69, 9.17) is 0 Å². The van der Waals surface area contributed by atoms with Gasteiger partial charge in [-0.1, -0.05) is 68.9 Å². The van der Waals surface area contributed by atoms with Crippen LogP contribution in [0.2, 0.25) is 0 Å². The van der Waals surface area contributed by atoms with Crippen molar-refractivity contribution in [1.82, 2.24) is 9.62 Å². The number of hydrogen-bond acceptors (Lipinski definition) is 3. The topological polar surface area (TPSA) is 66.5 Å². The Morgan fingerprint density at radius 2 is 1.52 bits per heavy atom. The number of carbonyl (C=O) groups excluding carboxylic acids is 1. The van der Waals surface area contributed by atoms with E-state index in [-0.39, 0.29) is 18.5 Å². The zero-order valence-corrected chi connectivity index (χ0v) is 19.5. The number of benzene rings is 2. The van der Waals surface area contributed by atoms with Crippen LogP contribution in [0, 0.1) is 6.92 Å². The third-order valence-electron chi connectivity index (χ3n) is 6.03. The fraction of sp³-hybridized carbons (Fsp3) is 0.480. The van der Waals surface area contributed by atoms with Crippen LogP contribution in [0.15, 0.2) is 53.4 Å². The molecule has 2 aromatic carbocycles. The molecule has 1 aliphatic rings. The molecule has 3 rings (SSSR count). The Hall–Kier alpha value is -2.18. The van der Waals surface area contributed by atoms with Gasteiger partial charge in [0.1, 0.15) is 0 Å². The van der Waals surface area contributed by atoms with Crippen LogP contribution in [0.25, 0.3) is 0 Å². The van der Waals surface area contributed by atoms with Gasteiger partial charge in [0.15, 0.2) is 0 Å². The van der Waals surface area contributed by atoms with Crippen LogP contribution >= 0.6 is 0 Å². The normalized spacial score (nSPS) is 16.0. The lowest BCUT2D eigenvalue weighted by molar-refractivity contribution is 0.0930. The number of nitrogens with zero attached hydrogens (tertiary/aromatic N) is 1. The predicted molar refractivity (Wildman–Crippen MR) is 124 cm³/mol. The smallest absolute Gasteiger partial charge is 0.251 e. The molecule has 1 N–H and O–H groups in total. The summed E-state index contributed by atoms with van der Waals surface area (Å²) in [6.45, 7) is 4.42. The summed E-state index contributed by atoms with van der Waals surface area (Å²) in [6.07, 6.45) is 8.24. The van der Waals surface area contributed by atoms with Crippen molar-refractivity contribution in [3.05, 3.63) is 65.2 Å². The third kappa shape index (κ3) is 6.40. The van der Waals surface area contributed by atoms with E-state index in [0.29, 0.717) is 17.0 Å². The maximum Gasteiger partial charge on any atom is 0.251 e. The zero-order chi connectivity index (χ0) is 22.3. The molecule has 31 heavy (non-hydrogen) atoms. The largest absolute Gasteiger partial charge is 0.349 e. The summed E-state index contributed by atoms with van der Waals surface area (Å²) >= 11 is 0. The predicted octanol–water partition coefficient (Wildman–Crippen LogP) is 5.05. The van der Waals surface area contributed by atoms with E-state index in [9.17, 15) is 13.2 Å². The average molecular weight is 443 g/mol. The number of sulfonamides is 1. The molecule has 0 bridgehead atoms. The number of amides is 1. The van der Waals surface area contributed by atoms with Crippen molar-refractivity contribution in [1.29, 1.82) is 0 Å². The molecule has 0 aliphatic heterocycles. The summed E-state index contributed by atoms with van der Waals surface area (Å²) in [7, 11) is -3.56. The highest BCUT2D eigenvalue weighted by molar-refractivity contribution is 7.89. The van der Waals surface area contributed by atoms with Gasteiger partial charge in [-0.2, -0.15) is 4.31 Å². The molecule has 0 unspecified atom stereocenters. The molecule has 1 fully saturated rings. The fourth-order valence-electron chi connectivity index (χ4n) is 4.06. The van der Waals surface area contributed by atoms with Gasteiger partial charge >= 0.3 is 0 Å². The molecule has 5 nitrogen and oxygen atoms in total. The van der Waals surface area contributed by atoms with Gasteiger partial charge < -0.3 is 5.32 Å². The molecule has 0 heterocycles. The summed E-state index contributed by atoms with van der Waals surface area (Å²) in [5, 5.41) is 3.18. The van der Waals surface area contributed by atoms with Gasteiger partial charge in [-0.05, 0) is 49.6 Å². The summed E-state index contributed by atoms with van der Waals surface area (Å²) in [5.74, 6) is -0.0447. The first kappa shape index (κ1) is 23.5. The first-order valence-corrected chi connectivity index (χ1v) is 12.8. The number of nitrogens with one attached hydrogen (secondary N) is 1. The highest BCUT2D eigenvalue weighted by Gasteiger charge is 2.23. The van der Waals surface area contributed by atoms with Gasteiger partial charge in [-0.3, -0.25) is 4.79 Å². The first-order chi connectivity index (χ1) is 14.9. The van der Waals surface area contributed by atoms with Crippen molar-refractivity contribution in [3.63, 3.8) is 0 Å². The van der Waals surface area contributed by atoms with E-state index in [1.807, 2.05) is 38.1 Å². The van der Waals surface area contributed by atoms with Crippen LogP contribution in [-0.4, -0.2) is 31.2 Å². The Kier molecular flexibility index (Phi) is 8.27. The number of hydrogen-bond donors (Lipinski definition) is 1. The van der Waals surface area contributed by atoms with Crippen LogP contribution in [-0.2, 0) is 16.6 Å². The number of carbonyl (C=O) groups is 1. The minimum Gasteiger partial charge on any atom is -0.349 e. The van der Waals surface area contributed by atoms with Gasteiger partial charge in [0.2, 0.25) is 10.0 Å². The quantitative estimate of drug-likeness (QED) is 0.653. The van der Waals surface area contributed by atoms with Crippen molar-refractivity contribution in [2.45, 2.75) is 76.3 Å². The molecular weight excluding hydrogens is 408 g/mol. The second-order valence-corrected chi connectivity index (χ2v) is 10.4. The number of aryl methyl sites for hydroxylation is 1. The molecule has 0 aromatic heterocycles. The van der Waals surface area contributed by atoms with Crippen molar-refractivity contribution in [2.75, 3.05) is 6.54 Å². The lowest BCUT2D eigenvalue weighted by atomic mass is 9.96. The van der Waals surface area contributed by atoms with Gasteiger partial charge in [-0.25, -0.2) is 8.42 Å². The SMILES string of the molecule is CCN(Cc1ccc(C(=O)NC2CCCCCCC2)cc1)S(=O)(=O)c1ccc(C)cc1. The average Bonchev–Trinajstić information content (AvgIpc) is 2.74. The lowest BCUT2D eigenvalue weighted by Gasteiger charge is -2.22. The highest BCUT2D eigenvalue weighted by Crippen LogP contribution is 2.20. The van der Waals surface area contributed by atoms with E-state index < -0.39 is 10.0 Å². The summed E-state index contributed by atoms with van der Waals surface area (Å²) in [6, 6.07) is 14.4. The second-order valence-electron chi connectivity index (χ2n) is 8.46. The molecule has 168 valence electrons.